The van der Waals surface area contributed by atoms with Crippen LogP contribution in [0, 0.1) is 18.8 Å². The van der Waals surface area contributed by atoms with Gasteiger partial charge in [-0.3, -0.25) is 9.69 Å². The van der Waals surface area contributed by atoms with Crippen molar-refractivity contribution in [1.29, 1.82) is 0 Å². The number of carbonyl (C=O) groups is 2. The van der Waals surface area contributed by atoms with Gasteiger partial charge in [0.15, 0.2) is 0 Å². The first-order valence-electron chi connectivity index (χ1n) is 10.0. The van der Waals surface area contributed by atoms with Gasteiger partial charge in [0.25, 0.3) is 0 Å². The van der Waals surface area contributed by atoms with Crippen molar-refractivity contribution in [1.82, 2.24) is 4.90 Å². The molecule has 27 heavy (non-hydrogen) atoms. The number of likely N-dealkylation sites (N-methyl/N-ethyl adjacent to an activating group) is 1. The second-order valence-corrected chi connectivity index (χ2v) is 9.02. The van der Waals surface area contributed by atoms with E-state index in [-0.39, 0.29) is 17.9 Å². The fourth-order valence-electron chi connectivity index (χ4n) is 4.46. The molecule has 1 saturated heterocycles. The third-order valence-corrected chi connectivity index (χ3v) is 5.74. The predicted octanol–water partition coefficient (Wildman–Crippen LogP) is 4.38. The number of aryl methyl sites for hydroxylation is 1. The smallest absolute Gasteiger partial charge is 0.410 e. The number of hydrogen-bond donors (Lipinski definition) is 0. The van der Waals surface area contributed by atoms with Crippen molar-refractivity contribution in [3.05, 3.63) is 29.8 Å². The number of benzene rings is 1. The molecule has 2 fully saturated rings. The van der Waals surface area contributed by atoms with Gasteiger partial charge in [0.2, 0.25) is 5.91 Å². The van der Waals surface area contributed by atoms with Gasteiger partial charge in [-0.25, -0.2) is 4.79 Å². The van der Waals surface area contributed by atoms with Crippen molar-refractivity contribution in [3.8, 4) is 0 Å². The lowest BCUT2D eigenvalue weighted by atomic mass is 9.78. The van der Waals surface area contributed by atoms with Crippen molar-refractivity contribution in [2.45, 2.75) is 65.0 Å². The molecule has 1 heterocycles. The summed E-state index contributed by atoms with van der Waals surface area (Å²) in [5, 5.41) is 0. The molecule has 0 spiro atoms. The SMILES string of the molecule is Cc1cccc(N(C)C(=O)C2C3CCCCC3CN2C(=O)OC(C)(C)C)c1. The minimum absolute atomic E-state index is 0.0131. The van der Waals surface area contributed by atoms with E-state index in [4.69, 9.17) is 4.74 Å². The van der Waals surface area contributed by atoms with Crippen LogP contribution < -0.4 is 4.90 Å². The summed E-state index contributed by atoms with van der Waals surface area (Å²) < 4.78 is 5.63. The molecule has 5 heteroatoms. The third kappa shape index (κ3) is 4.28. The van der Waals surface area contributed by atoms with E-state index in [1.807, 2.05) is 52.0 Å². The van der Waals surface area contributed by atoms with Gasteiger partial charge < -0.3 is 9.64 Å². The third-order valence-electron chi connectivity index (χ3n) is 5.74. The van der Waals surface area contributed by atoms with Gasteiger partial charge in [-0.05, 0) is 70.1 Å². The molecule has 1 saturated carbocycles. The Kier molecular flexibility index (Phi) is 5.50. The highest BCUT2D eigenvalue weighted by atomic mass is 16.6. The van der Waals surface area contributed by atoms with Gasteiger partial charge in [0.05, 0.1) is 0 Å². The molecule has 3 atom stereocenters. The fraction of sp³-hybridized carbons (Fsp3) is 0.636. The highest BCUT2D eigenvalue weighted by molar-refractivity contribution is 5.99. The average Bonchev–Trinajstić information content (AvgIpc) is 2.98. The highest BCUT2D eigenvalue weighted by Gasteiger charge is 2.50. The van der Waals surface area contributed by atoms with E-state index in [1.54, 1.807) is 16.8 Å². The van der Waals surface area contributed by atoms with Gasteiger partial charge in [-0.2, -0.15) is 0 Å². The Morgan fingerprint density at radius 2 is 1.89 bits per heavy atom. The molecule has 0 aromatic heterocycles. The van der Waals surface area contributed by atoms with Crippen molar-refractivity contribution in [2.75, 3.05) is 18.5 Å². The number of amides is 2. The van der Waals surface area contributed by atoms with E-state index in [1.165, 1.54) is 6.42 Å². The maximum Gasteiger partial charge on any atom is 0.410 e. The molecule has 2 amide bonds. The molecule has 1 aliphatic heterocycles. The first-order valence-corrected chi connectivity index (χ1v) is 10.0. The molecule has 1 aliphatic carbocycles. The quantitative estimate of drug-likeness (QED) is 0.774. The molecule has 0 bridgehead atoms. The molecule has 1 aromatic carbocycles. The van der Waals surface area contributed by atoms with Gasteiger partial charge in [-0.1, -0.05) is 25.0 Å². The van der Waals surface area contributed by atoms with Crippen LogP contribution in [0.4, 0.5) is 10.5 Å². The Balaban J connectivity index is 1.87. The van der Waals surface area contributed by atoms with Crippen LogP contribution in [-0.4, -0.2) is 42.1 Å². The Morgan fingerprint density at radius 1 is 1.19 bits per heavy atom. The Labute approximate surface area is 162 Å². The van der Waals surface area contributed by atoms with Crippen molar-refractivity contribution >= 4 is 17.7 Å². The molecule has 1 aromatic rings. The molecule has 3 rings (SSSR count). The van der Waals surface area contributed by atoms with E-state index in [9.17, 15) is 9.59 Å². The lowest BCUT2D eigenvalue weighted by molar-refractivity contribution is -0.124. The Bertz CT molecular complexity index is 710. The Hall–Kier alpha value is -2.04. The summed E-state index contributed by atoms with van der Waals surface area (Å²) in [5.41, 5.74) is 1.41. The number of hydrogen-bond acceptors (Lipinski definition) is 3. The summed E-state index contributed by atoms with van der Waals surface area (Å²) in [7, 11) is 1.81. The van der Waals surface area contributed by atoms with Crippen LogP contribution in [-0.2, 0) is 9.53 Å². The van der Waals surface area contributed by atoms with Crippen molar-refractivity contribution < 1.29 is 14.3 Å². The number of nitrogens with zero attached hydrogens (tertiary/aromatic N) is 2. The predicted molar refractivity (Wildman–Crippen MR) is 107 cm³/mol. The van der Waals surface area contributed by atoms with Crippen LogP contribution in [0.2, 0.25) is 0 Å². The molecule has 148 valence electrons. The number of fused-ring (bicyclic) bond motifs is 1. The van der Waals surface area contributed by atoms with Crippen LogP contribution in [0.25, 0.3) is 0 Å². The summed E-state index contributed by atoms with van der Waals surface area (Å²) in [5.74, 6) is 0.609. The van der Waals surface area contributed by atoms with E-state index in [0.717, 1.165) is 30.5 Å². The molecule has 0 radical (unpaired) electrons. The van der Waals surface area contributed by atoms with E-state index in [2.05, 4.69) is 0 Å². The molecule has 3 unspecified atom stereocenters. The molecular weight excluding hydrogens is 340 g/mol. The van der Waals surface area contributed by atoms with Crippen LogP contribution in [0.3, 0.4) is 0 Å². The standard InChI is InChI=1S/C22H32N2O3/c1-15-9-8-11-17(13-15)23(5)20(25)19-18-12-7-6-10-16(18)14-24(19)21(26)27-22(2,3)4/h8-9,11,13,16,18-19H,6-7,10,12,14H2,1-5H3. The number of anilines is 1. The summed E-state index contributed by atoms with van der Waals surface area (Å²) in [6, 6.07) is 7.48. The first-order chi connectivity index (χ1) is 12.7. The topological polar surface area (TPSA) is 49.9 Å². The van der Waals surface area contributed by atoms with Crippen LogP contribution in [0.1, 0.15) is 52.0 Å². The number of likely N-dealkylation sites (tertiary alicyclic amines) is 1. The zero-order valence-corrected chi connectivity index (χ0v) is 17.2. The van der Waals surface area contributed by atoms with Crippen LogP contribution in [0.15, 0.2) is 24.3 Å². The summed E-state index contributed by atoms with van der Waals surface area (Å²) in [4.78, 5) is 29.7. The van der Waals surface area contributed by atoms with E-state index < -0.39 is 11.6 Å². The van der Waals surface area contributed by atoms with Crippen LogP contribution >= 0.6 is 0 Å². The van der Waals surface area contributed by atoms with Gasteiger partial charge in [0, 0.05) is 19.3 Å². The minimum Gasteiger partial charge on any atom is -0.444 e. The summed E-state index contributed by atoms with van der Waals surface area (Å²) in [6.07, 6.45) is 4.02. The number of carbonyl (C=O) groups excluding carboxylic acids is 2. The van der Waals surface area contributed by atoms with Gasteiger partial charge in [0.1, 0.15) is 11.6 Å². The summed E-state index contributed by atoms with van der Waals surface area (Å²) in [6.45, 7) is 8.23. The van der Waals surface area contributed by atoms with Crippen molar-refractivity contribution in [3.63, 3.8) is 0 Å². The minimum atomic E-state index is -0.569. The first kappa shape index (κ1) is 19.7. The lowest BCUT2D eigenvalue weighted by Gasteiger charge is -2.33. The molecule has 5 nitrogen and oxygen atoms in total. The Morgan fingerprint density at radius 3 is 2.56 bits per heavy atom. The second-order valence-electron chi connectivity index (χ2n) is 9.02. The van der Waals surface area contributed by atoms with E-state index >= 15 is 0 Å². The summed E-state index contributed by atoms with van der Waals surface area (Å²) >= 11 is 0. The van der Waals surface area contributed by atoms with Gasteiger partial charge in [-0.15, -0.1) is 0 Å². The number of ether oxygens (including phenoxy) is 1. The highest BCUT2D eigenvalue weighted by Crippen LogP contribution is 2.42. The maximum absolute atomic E-state index is 13.5. The van der Waals surface area contributed by atoms with Crippen molar-refractivity contribution in [2.24, 2.45) is 11.8 Å². The zero-order chi connectivity index (χ0) is 19.8. The van der Waals surface area contributed by atoms with Gasteiger partial charge >= 0.3 is 6.09 Å². The largest absolute Gasteiger partial charge is 0.444 e. The van der Waals surface area contributed by atoms with E-state index in [0.29, 0.717) is 12.5 Å². The number of rotatable bonds is 2. The second kappa shape index (κ2) is 7.53. The fourth-order valence-corrected chi connectivity index (χ4v) is 4.46. The van der Waals surface area contributed by atoms with Crippen LogP contribution in [0.5, 0.6) is 0 Å². The molecule has 0 N–H and O–H groups in total. The monoisotopic (exact) mass is 372 g/mol. The lowest BCUT2D eigenvalue weighted by Crippen LogP contribution is -2.50. The molecular formula is C22H32N2O3. The zero-order valence-electron chi connectivity index (χ0n) is 17.2. The maximum atomic E-state index is 13.5. The average molecular weight is 373 g/mol. The molecule has 2 aliphatic rings. The normalized spacial score (nSPS) is 25.1.